The maximum absolute atomic E-state index is 13.4. The molecule has 0 saturated carbocycles. The highest BCUT2D eigenvalue weighted by atomic mass is 16.5. The topological polar surface area (TPSA) is 95.9 Å². The van der Waals surface area contributed by atoms with Crippen LogP contribution in [0.1, 0.15) is 57.1 Å². The predicted octanol–water partition coefficient (Wildman–Crippen LogP) is 4.41. The quantitative estimate of drug-likeness (QED) is 0.660. The van der Waals surface area contributed by atoms with E-state index >= 15 is 0 Å². The van der Waals surface area contributed by atoms with Crippen LogP contribution < -0.4 is 5.32 Å². The maximum atomic E-state index is 13.4. The van der Waals surface area contributed by atoms with Crippen LogP contribution in [-0.2, 0) is 14.3 Å². The first kappa shape index (κ1) is 23.8. The molecule has 0 unspecified atom stereocenters. The number of carboxylic acids is 1. The zero-order valence-corrected chi connectivity index (χ0v) is 19.9. The van der Waals surface area contributed by atoms with Gasteiger partial charge in [0.25, 0.3) is 0 Å². The van der Waals surface area contributed by atoms with E-state index in [9.17, 15) is 19.5 Å². The number of hydrogen-bond donors (Lipinski definition) is 2. The third-order valence-corrected chi connectivity index (χ3v) is 6.79. The molecule has 0 aromatic heterocycles. The van der Waals surface area contributed by atoms with Crippen molar-refractivity contribution in [1.82, 2.24) is 10.2 Å². The van der Waals surface area contributed by atoms with Gasteiger partial charge in [0.2, 0.25) is 5.91 Å². The SMILES string of the molecule is CC(C)(C)[C@@H](NC(=O)OCC1c2ccccc2-c2ccccc21)C(=O)N1CCC[C@H]1CC(=O)O. The van der Waals surface area contributed by atoms with Crippen molar-refractivity contribution < 1.29 is 24.2 Å². The van der Waals surface area contributed by atoms with Crippen LogP contribution in [0.4, 0.5) is 4.79 Å². The second-order valence-corrected chi connectivity index (χ2v) is 10.2. The van der Waals surface area contributed by atoms with Crippen LogP contribution in [0, 0.1) is 5.41 Å². The van der Waals surface area contributed by atoms with Crippen LogP contribution in [-0.4, -0.2) is 53.2 Å². The van der Waals surface area contributed by atoms with Crippen molar-refractivity contribution in [2.24, 2.45) is 5.41 Å². The van der Waals surface area contributed by atoms with Crippen molar-refractivity contribution in [3.8, 4) is 11.1 Å². The summed E-state index contributed by atoms with van der Waals surface area (Å²) in [6.45, 7) is 6.29. The molecular formula is C27H32N2O5. The molecule has 1 saturated heterocycles. The highest BCUT2D eigenvalue weighted by Gasteiger charge is 2.40. The fourth-order valence-corrected chi connectivity index (χ4v) is 5.11. The molecule has 2 N–H and O–H groups in total. The monoisotopic (exact) mass is 464 g/mol. The van der Waals surface area contributed by atoms with Gasteiger partial charge in [0, 0.05) is 18.5 Å². The Morgan fingerprint density at radius 2 is 1.65 bits per heavy atom. The van der Waals surface area contributed by atoms with Gasteiger partial charge in [0.1, 0.15) is 12.6 Å². The number of nitrogens with zero attached hydrogens (tertiary/aromatic N) is 1. The van der Waals surface area contributed by atoms with E-state index < -0.39 is 23.5 Å². The minimum absolute atomic E-state index is 0.0690. The van der Waals surface area contributed by atoms with E-state index in [0.29, 0.717) is 13.0 Å². The highest BCUT2D eigenvalue weighted by molar-refractivity contribution is 5.87. The van der Waals surface area contributed by atoms with Gasteiger partial charge in [-0.3, -0.25) is 9.59 Å². The predicted molar refractivity (Wildman–Crippen MR) is 128 cm³/mol. The van der Waals surface area contributed by atoms with Gasteiger partial charge in [0.05, 0.1) is 6.42 Å². The second-order valence-electron chi connectivity index (χ2n) is 10.2. The van der Waals surface area contributed by atoms with Gasteiger partial charge >= 0.3 is 12.1 Å². The smallest absolute Gasteiger partial charge is 0.407 e. The summed E-state index contributed by atoms with van der Waals surface area (Å²) >= 11 is 0. The fourth-order valence-electron chi connectivity index (χ4n) is 5.11. The van der Waals surface area contributed by atoms with E-state index in [1.165, 1.54) is 0 Å². The number of fused-ring (bicyclic) bond motifs is 3. The summed E-state index contributed by atoms with van der Waals surface area (Å²) in [5, 5.41) is 12.0. The van der Waals surface area contributed by atoms with Crippen LogP contribution in [0.25, 0.3) is 11.1 Å². The Morgan fingerprint density at radius 1 is 1.06 bits per heavy atom. The number of ether oxygens (including phenoxy) is 1. The van der Waals surface area contributed by atoms with Crippen molar-refractivity contribution in [3.63, 3.8) is 0 Å². The zero-order chi connectivity index (χ0) is 24.5. The standard InChI is InChI=1S/C27H32N2O5/c1-27(2,3)24(25(32)29-14-8-9-17(29)15-23(30)31)28-26(33)34-16-22-20-12-6-4-10-18(20)19-11-5-7-13-21(19)22/h4-7,10-13,17,22,24H,8-9,14-16H2,1-3H3,(H,28,33)(H,30,31)/t17-,24-/m0/s1. The molecule has 1 aliphatic heterocycles. The summed E-state index contributed by atoms with van der Waals surface area (Å²) in [6.07, 6.45) is 0.669. The summed E-state index contributed by atoms with van der Waals surface area (Å²) in [5.74, 6) is -1.26. The summed E-state index contributed by atoms with van der Waals surface area (Å²) in [7, 11) is 0. The number of carbonyl (C=O) groups is 3. The zero-order valence-electron chi connectivity index (χ0n) is 19.9. The Bertz CT molecular complexity index is 1040. The Morgan fingerprint density at radius 3 is 2.21 bits per heavy atom. The van der Waals surface area contributed by atoms with Gasteiger partial charge in [0.15, 0.2) is 0 Å². The van der Waals surface area contributed by atoms with Crippen molar-refractivity contribution >= 4 is 18.0 Å². The summed E-state index contributed by atoms with van der Waals surface area (Å²) < 4.78 is 5.65. The van der Waals surface area contributed by atoms with Crippen LogP contribution in [0.3, 0.4) is 0 Å². The molecule has 2 aromatic rings. The van der Waals surface area contributed by atoms with E-state index in [4.69, 9.17) is 4.74 Å². The number of carboxylic acid groups (broad SMARTS) is 1. The number of rotatable bonds is 6. The van der Waals surface area contributed by atoms with Crippen LogP contribution in [0.2, 0.25) is 0 Å². The lowest BCUT2D eigenvalue weighted by atomic mass is 9.85. The number of carbonyl (C=O) groups excluding carboxylic acids is 2. The fraction of sp³-hybridized carbons (Fsp3) is 0.444. The lowest BCUT2D eigenvalue weighted by molar-refractivity contribution is -0.141. The minimum Gasteiger partial charge on any atom is -0.481 e. The third kappa shape index (κ3) is 4.79. The number of likely N-dealkylation sites (tertiary alicyclic amines) is 1. The molecule has 4 rings (SSSR count). The van der Waals surface area contributed by atoms with Gasteiger partial charge < -0.3 is 20.1 Å². The van der Waals surface area contributed by atoms with Gasteiger partial charge in [-0.25, -0.2) is 4.79 Å². The molecule has 7 nitrogen and oxygen atoms in total. The highest BCUT2D eigenvalue weighted by Crippen LogP contribution is 2.44. The number of benzene rings is 2. The van der Waals surface area contributed by atoms with Crippen molar-refractivity contribution in [1.29, 1.82) is 0 Å². The Labute approximate surface area is 200 Å². The first-order valence-electron chi connectivity index (χ1n) is 11.8. The van der Waals surface area contributed by atoms with E-state index in [-0.39, 0.29) is 30.9 Å². The van der Waals surface area contributed by atoms with Crippen molar-refractivity contribution in [3.05, 3.63) is 59.7 Å². The van der Waals surface area contributed by atoms with E-state index in [1.54, 1.807) is 4.90 Å². The Kier molecular flexibility index (Phi) is 6.64. The van der Waals surface area contributed by atoms with Crippen molar-refractivity contribution in [2.75, 3.05) is 13.2 Å². The van der Waals surface area contributed by atoms with Crippen molar-refractivity contribution in [2.45, 2.75) is 58.0 Å². The molecule has 7 heteroatoms. The number of alkyl carbamates (subject to hydrolysis) is 1. The Balaban J connectivity index is 1.45. The van der Waals surface area contributed by atoms with E-state index in [2.05, 4.69) is 29.6 Å². The molecule has 0 spiro atoms. The Hall–Kier alpha value is -3.35. The first-order valence-corrected chi connectivity index (χ1v) is 11.8. The molecule has 34 heavy (non-hydrogen) atoms. The van der Waals surface area contributed by atoms with Crippen LogP contribution in [0.5, 0.6) is 0 Å². The number of nitrogens with one attached hydrogen (secondary N) is 1. The van der Waals surface area contributed by atoms with Gasteiger partial charge in [-0.15, -0.1) is 0 Å². The summed E-state index contributed by atoms with van der Waals surface area (Å²) in [6, 6.07) is 15.1. The maximum Gasteiger partial charge on any atom is 0.407 e. The summed E-state index contributed by atoms with van der Waals surface area (Å²) in [4.78, 5) is 39.1. The van der Waals surface area contributed by atoms with Gasteiger partial charge in [-0.1, -0.05) is 69.3 Å². The normalized spacial score (nSPS) is 18.2. The van der Waals surface area contributed by atoms with Crippen LogP contribution in [0.15, 0.2) is 48.5 Å². The number of amides is 2. The van der Waals surface area contributed by atoms with Gasteiger partial charge in [-0.2, -0.15) is 0 Å². The molecule has 1 heterocycles. The summed E-state index contributed by atoms with van der Waals surface area (Å²) in [5.41, 5.74) is 3.96. The molecule has 2 atom stereocenters. The largest absolute Gasteiger partial charge is 0.481 e. The third-order valence-electron chi connectivity index (χ3n) is 6.79. The average molecular weight is 465 g/mol. The average Bonchev–Trinajstić information content (AvgIpc) is 3.37. The molecule has 0 radical (unpaired) electrons. The van der Waals surface area contributed by atoms with E-state index in [0.717, 1.165) is 28.7 Å². The molecule has 1 aliphatic carbocycles. The second kappa shape index (κ2) is 9.49. The molecule has 2 aliphatic rings. The lowest BCUT2D eigenvalue weighted by Gasteiger charge is -2.35. The number of aliphatic carboxylic acids is 1. The minimum atomic E-state index is -0.929. The molecule has 2 aromatic carbocycles. The van der Waals surface area contributed by atoms with Crippen LogP contribution >= 0.6 is 0 Å². The molecule has 2 amide bonds. The van der Waals surface area contributed by atoms with E-state index in [1.807, 2.05) is 45.0 Å². The molecule has 180 valence electrons. The number of hydrogen-bond acceptors (Lipinski definition) is 4. The molecule has 0 bridgehead atoms. The first-order chi connectivity index (χ1) is 16.2. The molecular weight excluding hydrogens is 432 g/mol. The van der Waals surface area contributed by atoms with Gasteiger partial charge in [-0.05, 0) is 40.5 Å². The molecule has 1 fully saturated rings. The lowest BCUT2D eigenvalue weighted by Crippen LogP contribution is -2.56.